The van der Waals surface area contributed by atoms with Crippen LogP contribution < -0.4 is 44.1 Å². The van der Waals surface area contributed by atoms with Crippen molar-refractivity contribution in [1.29, 1.82) is 0 Å². The van der Waals surface area contributed by atoms with E-state index in [4.69, 9.17) is 18.7 Å². The molecule has 0 fully saturated rings. The zero-order valence-corrected chi connectivity index (χ0v) is 17.9. The van der Waals surface area contributed by atoms with E-state index in [1.807, 2.05) is 48.5 Å². The maximum absolute atomic E-state index is 10.6. The molecule has 0 spiro atoms. The zero-order chi connectivity index (χ0) is 19.2. The number of aromatic nitrogens is 1. The molecule has 0 aliphatic heterocycles. The average molecular weight is 391 g/mol. The Kier molecular flexibility index (Phi) is 8.07. The van der Waals surface area contributed by atoms with Gasteiger partial charge in [-0.2, -0.15) is 0 Å². The van der Waals surface area contributed by atoms with Crippen LogP contribution in [0.3, 0.4) is 0 Å². The topological polar surface area (TPSA) is 93.9 Å². The third-order valence-electron chi connectivity index (χ3n) is 3.96. The Bertz CT molecular complexity index is 905. The van der Waals surface area contributed by atoms with Crippen molar-refractivity contribution in [3.63, 3.8) is 0 Å². The monoisotopic (exact) mass is 391 g/mol. The molecule has 0 N–H and O–H groups in total. The van der Waals surface area contributed by atoms with Gasteiger partial charge in [0.15, 0.2) is 5.76 Å². The van der Waals surface area contributed by atoms with Gasteiger partial charge in [0.25, 0.3) is 0 Å². The maximum Gasteiger partial charge on any atom is 1.00 e. The van der Waals surface area contributed by atoms with Crippen LogP contribution >= 0.6 is 0 Å². The molecule has 8 heteroatoms. The fourth-order valence-electron chi connectivity index (χ4n) is 2.65. The van der Waals surface area contributed by atoms with Crippen molar-refractivity contribution in [3.8, 4) is 33.9 Å². The van der Waals surface area contributed by atoms with Crippen LogP contribution in [0.15, 0.2) is 53.1 Å². The molecule has 2 aromatic carbocycles. The number of hydrogen-bond donors (Lipinski definition) is 0. The van der Waals surface area contributed by atoms with Gasteiger partial charge in [-0.15, -0.1) is 0 Å². The smallest absolute Gasteiger partial charge is 0.548 e. The molecule has 3 rings (SSSR count). The van der Waals surface area contributed by atoms with Gasteiger partial charge >= 0.3 is 29.6 Å². The fourth-order valence-corrected chi connectivity index (χ4v) is 2.65. The summed E-state index contributed by atoms with van der Waals surface area (Å²) in [5.74, 6) is 0.574. The number of aliphatic carboxylic acids is 1. The van der Waals surface area contributed by atoms with Crippen molar-refractivity contribution < 1.29 is 58.2 Å². The van der Waals surface area contributed by atoms with Gasteiger partial charge in [0.05, 0.1) is 32.4 Å². The number of rotatable bonds is 8. The first-order valence-electron chi connectivity index (χ1n) is 8.17. The fraction of sp³-hybridized carbons (Fsp3) is 0.200. The van der Waals surface area contributed by atoms with Crippen molar-refractivity contribution in [2.75, 3.05) is 20.8 Å². The molecule has 1 heterocycles. The van der Waals surface area contributed by atoms with Gasteiger partial charge in [-0.25, -0.2) is 0 Å². The summed E-state index contributed by atoms with van der Waals surface area (Å²) < 4.78 is 21.0. The molecule has 0 aliphatic carbocycles. The van der Waals surface area contributed by atoms with E-state index in [9.17, 15) is 9.90 Å². The molecule has 140 valence electrons. The predicted octanol–water partition coefficient (Wildman–Crippen LogP) is -0.704. The summed E-state index contributed by atoms with van der Waals surface area (Å²) >= 11 is 0. The van der Waals surface area contributed by atoms with Crippen molar-refractivity contribution in [2.24, 2.45) is 0 Å². The normalized spacial score (nSPS) is 10.2. The number of methoxy groups -OCH3 is 2. The van der Waals surface area contributed by atoms with Gasteiger partial charge < -0.3 is 28.6 Å². The van der Waals surface area contributed by atoms with Crippen LogP contribution in [0.1, 0.15) is 5.76 Å². The molecule has 7 nitrogen and oxygen atoms in total. The summed E-state index contributed by atoms with van der Waals surface area (Å²) in [6.45, 7) is -0.570. The van der Waals surface area contributed by atoms with Crippen LogP contribution in [0.25, 0.3) is 22.4 Å². The number of carbonyl (C=O) groups excluding carboxylic acids is 1. The Hall–Kier alpha value is -2.32. The first-order valence-corrected chi connectivity index (χ1v) is 8.17. The van der Waals surface area contributed by atoms with Crippen molar-refractivity contribution in [2.45, 2.75) is 6.61 Å². The molecule has 0 aliphatic rings. The molecule has 28 heavy (non-hydrogen) atoms. The summed E-state index contributed by atoms with van der Waals surface area (Å²) in [6.07, 6.45) is 0. The average Bonchev–Trinajstić information content (AvgIpc) is 3.11. The van der Waals surface area contributed by atoms with E-state index in [1.165, 1.54) is 0 Å². The van der Waals surface area contributed by atoms with Gasteiger partial charge in [-0.3, -0.25) is 0 Å². The van der Waals surface area contributed by atoms with E-state index >= 15 is 0 Å². The van der Waals surface area contributed by atoms with Gasteiger partial charge in [0.1, 0.15) is 23.8 Å². The molecule has 0 saturated heterocycles. The molecular weight excluding hydrogens is 373 g/mol. The zero-order valence-electron chi connectivity index (χ0n) is 15.9. The Morgan fingerprint density at radius 2 is 1.50 bits per heavy atom. The second-order valence-corrected chi connectivity index (χ2v) is 5.65. The first-order chi connectivity index (χ1) is 13.1. The van der Waals surface area contributed by atoms with Crippen molar-refractivity contribution >= 4 is 5.97 Å². The number of carbonyl (C=O) groups is 1. The molecule has 0 atom stereocenters. The number of ether oxygens (including phenoxy) is 3. The number of hydrogen-bond acceptors (Lipinski definition) is 7. The van der Waals surface area contributed by atoms with Crippen LogP contribution in [0.2, 0.25) is 0 Å². The number of carboxylic acid groups (broad SMARTS) is 1. The molecule has 3 aromatic rings. The van der Waals surface area contributed by atoms with Crippen LogP contribution in [-0.4, -0.2) is 32.0 Å². The predicted molar refractivity (Wildman–Crippen MR) is 95.1 cm³/mol. The molecule has 0 saturated carbocycles. The summed E-state index contributed by atoms with van der Waals surface area (Å²) in [6, 6.07) is 14.8. The Morgan fingerprint density at radius 3 is 2.00 bits per heavy atom. The van der Waals surface area contributed by atoms with Crippen LogP contribution in [0.5, 0.6) is 11.5 Å². The second kappa shape index (κ2) is 10.3. The second-order valence-electron chi connectivity index (χ2n) is 5.65. The van der Waals surface area contributed by atoms with E-state index in [0.29, 0.717) is 11.5 Å². The third kappa shape index (κ3) is 5.14. The molecular formula is C20H18NNaO6. The molecule has 0 amide bonds. The van der Waals surface area contributed by atoms with E-state index < -0.39 is 12.6 Å². The minimum absolute atomic E-state index is 0. The van der Waals surface area contributed by atoms with E-state index in [2.05, 4.69) is 5.16 Å². The summed E-state index contributed by atoms with van der Waals surface area (Å²) in [7, 11) is 3.19. The molecule has 0 unspecified atom stereocenters. The standard InChI is InChI=1S/C20H19NO6.Na/c1-24-15-7-3-13(4-8-15)19-17(11-26-12-18(22)23)27-21-20(19)14-5-9-16(25-2)10-6-14;/h3-10H,11-12H2,1-2H3,(H,22,23);/q;+1/p-1. The molecule has 0 radical (unpaired) electrons. The third-order valence-corrected chi connectivity index (χ3v) is 3.96. The summed E-state index contributed by atoms with van der Waals surface area (Å²) in [5.41, 5.74) is 3.02. The number of benzene rings is 2. The summed E-state index contributed by atoms with van der Waals surface area (Å²) in [4.78, 5) is 10.6. The van der Waals surface area contributed by atoms with Gasteiger partial charge in [-0.05, 0) is 42.0 Å². The quantitative estimate of drug-likeness (QED) is 0.469. The largest absolute Gasteiger partial charge is 1.00 e. The van der Waals surface area contributed by atoms with Gasteiger partial charge in [-0.1, -0.05) is 17.3 Å². The maximum atomic E-state index is 10.6. The van der Waals surface area contributed by atoms with Gasteiger partial charge in [0, 0.05) is 5.56 Å². The SMILES string of the molecule is COc1ccc(-c2noc(COCC(=O)[O-])c2-c2ccc(OC)cc2)cc1.[Na+]. The van der Waals surface area contributed by atoms with Crippen LogP contribution in [-0.2, 0) is 16.1 Å². The van der Waals surface area contributed by atoms with Crippen molar-refractivity contribution in [1.82, 2.24) is 5.16 Å². The minimum atomic E-state index is -1.30. The molecule has 0 bridgehead atoms. The van der Waals surface area contributed by atoms with E-state index in [0.717, 1.165) is 28.2 Å². The van der Waals surface area contributed by atoms with Crippen molar-refractivity contribution in [3.05, 3.63) is 54.3 Å². The first kappa shape index (κ1) is 22.0. The van der Waals surface area contributed by atoms with Gasteiger partial charge in [0.2, 0.25) is 0 Å². The Balaban J connectivity index is 0.00000280. The van der Waals surface area contributed by atoms with Crippen LogP contribution in [0.4, 0.5) is 0 Å². The number of carboxylic acids is 1. The summed E-state index contributed by atoms with van der Waals surface area (Å²) in [5, 5.41) is 14.8. The molecule has 1 aromatic heterocycles. The minimum Gasteiger partial charge on any atom is -0.548 e. The van der Waals surface area contributed by atoms with E-state index in [-0.39, 0.29) is 36.2 Å². The Labute approximate surface area is 184 Å². The van der Waals surface area contributed by atoms with E-state index in [1.54, 1.807) is 14.2 Å². The van der Waals surface area contributed by atoms with Crippen LogP contribution in [0, 0.1) is 0 Å². The Morgan fingerprint density at radius 1 is 0.964 bits per heavy atom. The number of nitrogens with zero attached hydrogens (tertiary/aromatic N) is 1.